The second-order valence-corrected chi connectivity index (χ2v) is 10.6. The van der Waals surface area contributed by atoms with E-state index in [-0.39, 0.29) is 12.2 Å². The van der Waals surface area contributed by atoms with E-state index in [0.29, 0.717) is 13.2 Å². The number of terminal acetylenes is 1. The minimum Gasteiger partial charge on any atom is -0.367 e. The Morgan fingerprint density at radius 3 is 2.00 bits per heavy atom. The first-order valence-electron chi connectivity index (χ1n) is 14.1. The molecule has 0 spiro atoms. The Hall–Kier alpha value is -2.16. The van der Waals surface area contributed by atoms with Crippen molar-refractivity contribution in [1.82, 2.24) is 0 Å². The van der Waals surface area contributed by atoms with Gasteiger partial charge in [0.05, 0.1) is 25.4 Å². The molecular weight excluding hydrogens is 460 g/mol. The second-order valence-electron chi connectivity index (χ2n) is 10.6. The van der Waals surface area contributed by atoms with Crippen LogP contribution in [0.25, 0.3) is 0 Å². The normalized spacial score (nSPS) is 20.7. The monoisotopic (exact) mass is 506 g/mol. The van der Waals surface area contributed by atoms with Crippen LogP contribution in [-0.4, -0.2) is 30.2 Å². The van der Waals surface area contributed by atoms with Gasteiger partial charge in [-0.25, -0.2) is 0 Å². The molecule has 1 aliphatic heterocycles. The summed E-state index contributed by atoms with van der Waals surface area (Å²) in [5, 5.41) is 0. The van der Waals surface area contributed by atoms with Crippen molar-refractivity contribution in [3.8, 4) is 12.3 Å². The summed E-state index contributed by atoms with van der Waals surface area (Å²) >= 11 is 0. The molecule has 1 heterocycles. The fourth-order valence-corrected chi connectivity index (χ4v) is 5.01. The summed E-state index contributed by atoms with van der Waals surface area (Å²) < 4.78 is 25.5. The van der Waals surface area contributed by atoms with Crippen LogP contribution < -0.4 is 0 Å². The van der Waals surface area contributed by atoms with E-state index in [9.17, 15) is 0 Å². The molecule has 2 aromatic carbocycles. The number of hydrogen-bond acceptors (Lipinski definition) is 4. The zero-order chi connectivity index (χ0) is 26.3. The Morgan fingerprint density at radius 1 is 0.838 bits per heavy atom. The lowest BCUT2D eigenvalue weighted by Crippen LogP contribution is -2.52. The first kappa shape index (κ1) is 29.4. The summed E-state index contributed by atoms with van der Waals surface area (Å²) in [5.74, 6) is 2.15. The van der Waals surface area contributed by atoms with Crippen LogP contribution >= 0.6 is 0 Å². The van der Waals surface area contributed by atoms with Gasteiger partial charge in [-0.15, -0.1) is 6.42 Å². The Kier molecular flexibility index (Phi) is 12.7. The molecule has 1 aliphatic rings. The van der Waals surface area contributed by atoms with Crippen LogP contribution in [0.2, 0.25) is 0 Å². The lowest BCUT2D eigenvalue weighted by Gasteiger charge is -2.44. The van der Waals surface area contributed by atoms with Gasteiger partial charge in [-0.3, -0.25) is 0 Å². The third kappa shape index (κ3) is 10.6. The summed E-state index contributed by atoms with van der Waals surface area (Å²) in [5.41, 5.74) is 2.17. The number of hydrogen-bond donors (Lipinski definition) is 0. The van der Waals surface area contributed by atoms with Crippen molar-refractivity contribution in [1.29, 1.82) is 0 Å². The quantitative estimate of drug-likeness (QED) is 0.172. The maximum Gasteiger partial charge on any atom is 0.163 e. The molecule has 0 amide bonds. The maximum atomic E-state index is 6.48. The van der Waals surface area contributed by atoms with Crippen LogP contribution in [0, 0.1) is 12.3 Å². The minimum absolute atomic E-state index is 0.111. The second kappa shape index (κ2) is 15.9. The minimum atomic E-state index is -0.707. The zero-order valence-electron chi connectivity index (χ0n) is 23.1. The van der Waals surface area contributed by atoms with E-state index < -0.39 is 18.0 Å². The summed E-state index contributed by atoms with van der Waals surface area (Å²) in [6.45, 7) is 7.10. The van der Waals surface area contributed by atoms with Crippen molar-refractivity contribution in [2.24, 2.45) is 0 Å². The standard InChI is InChI=1S/C33H46O4/c1-5-7-8-9-10-11-18-23-29-24-31(37-33(3,4)36-29)32(35-26-28-21-16-13-17-22-28)30(6-2)34-25-27-19-14-12-15-20-27/h2,12-17,19-22,29-32H,5,7-11,18,23-26H2,1,3-4H3/t29-,30+,31-,32+/m1/s1. The van der Waals surface area contributed by atoms with Crippen molar-refractivity contribution in [2.75, 3.05) is 0 Å². The summed E-state index contributed by atoms with van der Waals surface area (Å²) in [6.07, 6.45) is 15.7. The summed E-state index contributed by atoms with van der Waals surface area (Å²) in [4.78, 5) is 0. The molecule has 0 saturated carbocycles. The Balaban J connectivity index is 1.65. The van der Waals surface area contributed by atoms with E-state index in [2.05, 4.69) is 25.0 Å². The molecular formula is C33H46O4. The lowest BCUT2D eigenvalue weighted by molar-refractivity contribution is -0.321. The first-order valence-corrected chi connectivity index (χ1v) is 14.1. The van der Waals surface area contributed by atoms with E-state index in [1.807, 2.05) is 62.4 Å². The van der Waals surface area contributed by atoms with Crippen LogP contribution in [0.3, 0.4) is 0 Å². The molecule has 0 aliphatic carbocycles. The largest absolute Gasteiger partial charge is 0.367 e. The van der Waals surface area contributed by atoms with Gasteiger partial charge in [0.15, 0.2) is 5.79 Å². The number of benzene rings is 2. The predicted molar refractivity (Wildman–Crippen MR) is 150 cm³/mol. The number of rotatable bonds is 16. The highest BCUT2D eigenvalue weighted by Crippen LogP contribution is 2.33. The van der Waals surface area contributed by atoms with Crippen molar-refractivity contribution in [3.05, 3.63) is 71.8 Å². The van der Waals surface area contributed by atoms with E-state index >= 15 is 0 Å². The van der Waals surface area contributed by atoms with Crippen LogP contribution in [0.4, 0.5) is 0 Å². The molecule has 1 fully saturated rings. The number of ether oxygens (including phenoxy) is 4. The maximum absolute atomic E-state index is 6.48. The summed E-state index contributed by atoms with van der Waals surface area (Å²) in [7, 11) is 0. The van der Waals surface area contributed by atoms with Gasteiger partial charge in [-0.05, 0) is 31.4 Å². The molecule has 0 aromatic heterocycles. The summed E-state index contributed by atoms with van der Waals surface area (Å²) in [6, 6.07) is 20.3. The van der Waals surface area contributed by atoms with Crippen LogP contribution in [0.15, 0.2) is 60.7 Å². The fourth-order valence-electron chi connectivity index (χ4n) is 5.01. The molecule has 0 N–H and O–H groups in total. The molecule has 2 aromatic rings. The van der Waals surface area contributed by atoms with E-state index in [1.165, 1.54) is 38.5 Å². The molecule has 37 heavy (non-hydrogen) atoms. The topological polar surface area (TPSA) is 36.9 Å². The number of unbranched alkanes of at least 4 members (excludes halogenated alkanes) is 6. The average molecular weight is 507 g/mol. The highest BCUT2D eigenvalue weighted by atomic mass is 16.7. The van der Waals surface area contributed by atoms with Gasteiger partial charge in [0, 0.05) is 6.42 Å². The molecule has 0 unspecified atom stereocenters. The molecule has 1 saturated heterocycles. The highest BCUT2D eigenvalue weighted by molar-refractivity contribution is 5.15. The van der Waals surface area contributed by atoms with Gasteiger partial charge in [0.2, 0.25) is 0 Å². The van der Waals surface area contributed by atoms with Gasteiger partial charge in [0.25, 0.3) is 0 Å². The Morgan fingerprint density at radius 2 is 1.41 bits per heavy atom. The molecule has 4 nitrogen and oxygen atoms in total. The predicted octanol–water partition coefficient (Wildman–Crippen LogP) is 7.84. The SMILES string of the molecule is C#C[C@H](OCc1ccccc1)[C@H](OCc1ccccc1)[C@H]1C[C@@H](CCCCCCCCC)OC(C)(C)O1. The van der Waals surface area contributed by atoms with Crippen molar-refractivity contribution in [3.63, 3.8) is 0 Å². The van der Waals surface area contributed by atoms with Crippen molar-refractivity contribution < 1.29 is 18.9 Å². The Labute approximate surface area is 225 Å². The smallest absolute Gasteiger partial charge is 0.163 e. The van der Waals surface area contributed by atoms with E-state index in [1.54, 1.807) is 0 Å². The van der Waals surface area contributed by atoms with Crippen molar-refractivity contribution >= 4 is 0 Å². The molecule has 4 atom stereocenters. The molecule has 202 valence electrons. The Bertz CT molecular complexity index is 905. The van der Waals surface area contributed by atoms with Gasteiger partial charge in [-0.1, -0.05) is 118 Å². The van der Waals surface area contributed by atoms with Gasteiger partial charge >= 0.3 is 0 Å². The van der Waals surface area contributed by atoms with Crippen molar-refractivity contribution in [2.45, 2.75) is 122 Å². The van der Waals surface area contributed by atoms with E-state index in [4.69, 9.17) is 25.4 Å². The van der Waals surface area contributed by atoms with Gasteiger partial charge in [0.1, 0.15) is 12.2 Å². The molecule has 3 rings (SSSR count). The third-order valence-electron chi connectivity index (χ3n) is 6.90. The lowest BCUT2D eigenvalue weighted by atomic mass is 9.96. The third-order valence-corrected chi connectivity index (χ3v) is 6.90. The first-order chi connectivity index (χ1) is 18.0. The van der Waals surface area contributed by atoms with Crippen LogP contribution in [0.5, 0.6) is 0 Å². The van der Waals surface area contributed by atoms with Crippen LogP contribution in [0.1, 0.15) is 89.7 Å². The average Bonchev–Trinajstić information content (AvgIpc) is 2.90. The van der Waals surface area contributed by atoms with E-state index in [0.717, 1.165) is 30.4 Å². The molecule has 0 bridgehead atoms. The van der Waals surface area contributed by atoms with Crippen LogP contribution in [-0.2, 0) is 32.2 Å². The molecule has 4 heteroatoms. The van der Waals surface area contributed by atoms with Gasteiger partial charge < -0.3 is 18.9 Å². The fraction of sp³-hybridized carbons (Fsp3) is 0.576. The van der Waals surface area contributed by atoms with Gasteiger partial charge in [-0.2, -0.15) is 0 Å². The molecule has 0 radical (unpaired) electrons. The highest BCUT2D eigenvalue weighted by Gasteiger charge is 2.42. The zero-order valence-corrected chi connectivity index (χ0v) is 23.1.